The van der Waals surface area contributed by atoms with Crippen molar-refractivity contribution in [3.63, 3.8) is 0 Å². The predicted molar refractivity (Wildman–Crippen MR) is 63.4 cm³/mol. The maximum absolute atomic E-state index is 12.2. The summed E-state index contributed by atoms with van der Waals surface area (Å²) in [5, 5.41) is 3.21. The van der Waals surface area contributed by atoms with Crippen LogP contribution in [0.1, 0.15) is 38.5 Å². The molecule has 1 aliphatic carbocycles. The Balaban J connectivity index is 1.95. The van der Waals surface area contributed by atoms with Crippen LogP contribution >= 0.6 is 0 Å². The zero-order chi connectivity index (χ0) is 11.2. The molecule has 90 valence electrons. The third kappa shape index (κ3) is 3.16. The van der Waals surface area contributed by atoms with E-state index < -0.39 is 0 Å². The molecular formula is C13H21NO2. The molecule has 1 heterocycles. The monoisotopic (exact) mass is 223 g/mol. The molecule has 0 radical (unpaired) electrons. The first-order chi connectivity index (χ1) is 7.88. The molecule has 16 heavy (non-hydrogen) atoms. The molecule has 1 aliphatic heterocycles. The summed E-state index contributed by atoms with van der Waals surface area (Å²) in [5.41, 5.74) is 1.01. The summed E-state index contributed by atoms with van der Waals surface area (Å²) < 4.78 is 5.51. The Labute approximate surface area is 97.2 Å². The van der Waals surface area contributed by atoms with E-state index in [4.69, 9.17) is 4.74 Å². The molecule has 0 aromatic carbocycles. The lowest BCUT2D eigenvalue weighted by molar-refractivity contribution is -0.128. The summed E-state index contributed by atoms with van der Waals surface area (Å²) in [4.78, 5) is 12.2. The van der Waals surface area contributed by atoms with Gasteiger partial charge in [-0.3, -0.25) is 4.79 Å². The van der Waals surface area contributed by atoms with E-state index in [1.807, 2.05) is 0 Å². The van der Waals surface area contributed by atoms with Gasteiger partial charge in [0.2, 0.25) is 0 Å². The lowest BCUT2D eigenvalue weighted by Crippen LogP contribution is -2.43. The summed E-state index contributed by atoms with van der Waals surface area (Å²) >= 11 is 0. The van der Waals surface area contributed by atoms with Gasteiger partial charge in [0.05, 0.1) is 6.61 Å². The molecule has 0 aromatic heterocycles. The van der Waals surface area contributed by atoms with Crippen molar-refractivity contribution in [2.75, 3.05) is 19.7 Å². The summed E-state index contributed by atoms with van der Waals surface area (Å²) in [7, 11) is 0. The highest BCUT2D eigenvalue weighted by Gasteiger charge is 2.24. The van der Waals surface area contributed by atoms with Crippen LogP contribution in [0.4, 0.5) is 0 Å². The van der Waals surface area contributed by atoms with Crippen LogP contribution in [0.15, 0.2) is 11.6 Å². The quantitative estimate of drug-likeness (QED) is 0.776. The second kappa shape index (κ2) is 6.16. The smallest absolute Gasteiger partial charge is 0.188 e. The van der Waals surface area contributed by atoms with Crippen molar-refractivity contribution in [2.45, 2.75) is 44.6 Å². The third-order valence-corrected chi connectivity index (χ3v) is 3.33. The van der Waals surface area contributed by atoms with Crippen molar-refractivity contribution in [1.82, 2.24) is 5.32 Å². The first-order valence-corrected chi connectivity index (χ1v) is 6.43. The summed E-state index contributed by atoms with van der Waals surface area (Å²) in [5.74, 6) is 0.217. The van der Waals surface area contributed by atoms with Crippen LogP contribution in [0.5, 0.6) is 0 Å². The van der Waals surface area contributed by atoms with Crippen LogP contribution in [0.25, 0.3) is 0 Å². The van der Waals surface area contributed by atoms with Crippen LogP contribution in [-0.4, -0.2) is 31.6 Å². The van der Waals surface area contributed by atoms with E-state index in [9.17, 15) is 4.79 Å². The third-order valence-electron chi connectivity index (χ3n) is 3.33. The van der Waals surface area contributed by atoms with E-state index in [1.54, 1.807) is 0 Å². The molecule has 1 fully saturated rings. The Morgan fingerprint density at radius 2 is 2.19 bits per heavy atom. The molecule has 1 saturated heterocycles. The zero-order valence-electron chi connectivity index (χ0n) is 9.84. The molecule has 1 N–H and O–H groups in total. The normalized spacial score (nSPS) is 27.8. The van der Waals surface area contributed by atoms with Crippen molar-refractivity contribution in [2.24, 2.45) is 0 Å². The van der Waals surface area contributed by atoms with E-state index in [1.165, 1.54) is 19.3 Å². The Bertz CT molecular complexity index is 267. The molecule has 2 aliphatic rings. The van der Waals surface area contributed by atoms with E-state index in [-0.39, 0.29) is 11.9 Å². The van der Waals surface area contributed by atoms with Crippen molar-refractivity contribution in [3.8, 4) is 0 Å². The SMILES string of the molecule is O=C(C1=CCCCCCC1)C1CNCCO1. The van der Waals surface area contributed by atoms with Crippen molar-refractivity contribution < 1.29 is 9.53 Å². The fourth-order valence-electron chi connectivity index (χ4n) is 2.36. The fraction of sp³-hybridized carbons (Fsp3) is 0.769. The number of ether oxygens (including phenoxy) is 1. The minimum Gasteiger partial charge on any atom is -0.367 e. The molecule has 0 bridgehead atoms. The summed E-state index contributed by atoms with van der Waals surface area (Å²) in [6.07, 6.45) is 8.84. The number of rotatable bonds is 2. The minimum absolute atomic E-state index is 0.217. The highest BCUT2D eigenvalue weighted by Crippen LogP contribution is 2.19. The number of nitrogens with one attached hydrogen (secondary N) is 1. The van der Waals surface area contributed by atoms with Gasteiger partial charge in [0.1, 0.15) is 6.10 Å². The van der Waals surface area contributed by atoms with Gasteiger partial charge in [-0.1, -0.05) is 18.9 Å². The lowest BCUT2D eigenvalue weighted by atomic mass is 9.95. The number of hydrogen-bond donors (Lipinski definition) is 1. The molecule has 0 aromatic rings. The van der Waals surface area contributed by atoms with Gasteiger partial charge in [-0.15, -0.1) is 0 Å². The Kier molecular flexibility index (Phi) is 4.55. The number of allylic oxidation sites excluding steroid dienone is 1. The van der Waals surface area contributed by atoms with Crippen LogP contribution in [0.3, 0.4) is 0 Å². The summed E-state index contributed by atoms with van der Waals surface area (Å²) in [6, 6.07) is 0. The molecule has 0 spiro atoms. The second-order valence-electron chi connectivity index (χ2n) is 4.61. The maximum Gasteiger partial charge on any atom is 0.188 e. The number of ketones is 1. The van der Waals surface area contributed by atoms with Gasteiger partial charge in [0.25, 0.3) is 0 Å². The Hall–Kier alpha value is -0.670. The number of carbonyl (C=O) groups is 1. The molecule has 3 nitrogen and oxygen atoms in total. The van der Waals surface area contributed by atoms with Crippen molar-refractivity contribution in [3.05, 3.63) is 11.6 Å². The highest BCUT2D eigenvalue weighted by atomic mass is 16.5. The van der Waals surface area contributed by atoms with E-state index in [0.29, 0.717) is 13.2 Å². The molecule has 2 rings (SSSR count). The van der Waals surface area contributed by atoms with E-state index in [0.717, 1.165) is 31.4 Å². The number of hydrogen-bond acceptors (Lipinski definition) is 3. The Morgan fingerprint density at radius 3 is 3.00 bits per heavy atom. The molecule has 0 saturated carbocycles. The van der Waals surface area contributed by atoms with Gasteiger partial charge >= 0.3 is 0 Å². The maximum atomic E-state index is 12.2. The van der Waals surface area contributed by atoms with Gasteiger partial charge in [-0.2, -0.15) is 0 Å². The number of morpholine rings is 1. The largest absolute Gasteiger partial charge is 0.367 e. The lowest BCUT2D eigenvalue weighted by Gasteiger charge is -2.24. The van der Waals surface area contributed by atoms with Gasteiger partial charge in [0.15, 0.2) is 5.78 Å². The second-order valence-corrected chi connectivity index (χ2v) is 4.61. The Morgan fingerprint density at radius 1 is 1.31 bits per heavy atom. The molecule has 3 heteroatoms. The highest BCUT2D eigenvalue weighted by molar-refractivity contribution is 5.99. The standard InChI is InChI=1S/C13H21NO2/c15-13(12-10-14-8-9-16-12)11-6-4-2-1-3-5-7-11/h6,12,14H,1-5,7-10H2. The molecule has 0 amide bonds. The van der Waals surface area contributed by atoms with Gasteiger partial charge in [-0.05, 0) is 31.3 Å². The first kappa shape index (κ1) is 11.8. The van der Waals surface area contributed by atoms with E-state index in [2.05, 4.69) is 11.4 Å². The predicted octanol–water partition coefficient (Wildman–Crippen LogP) is 1.82. The average Bonchev–Trinajstić information content (AvgIpc) is 2.29. The van der Waals surface area contributed by atoms with Crippen LogP contribution in [-0.2, 0) is 9.53 Å². The van der Waals surface area contributed by atoms with Crippen LogP contribution in [0.2, 0.25) is 0 Å². The number of Topliss-reactive ketones (excluding diaryl/α,β-unsaturated/α-hetero) is 1. The topological polar surface area (TPSA) is 38.3 Å². The fourth-order valence-corrected chi connectivity index (χ4v) is 2.36. The van der Waals surface area contributed by atoms with Crippen molar-refractivity contribution in [1.29, 1.82) is 0 Å². The van der Waals surface area contributed by atoms with Gasteiger partial charge in [0, 0.05) is 13.1 Å². The first-order valence-electron chi connectivity index (χ1n) is 6.43. The minimum atomic E-state index is -0.237. The zero-order valence-corrected chi connectivity index (χ0v) is 9.84. The van der Waals surface area contributed by atoms with Gasteiger partial charge in [-0.25, -0.2) is 0 Å². The molecular weight excluding hydrogens is 202 g/mol. The van der Waals surface area contributed by atoms with Crippen molar-refractivity contribution >= 4 is 5.78 Å². The van der Waals surface area contributed by atoms with Crippen LogP contribution in [0, 0.1) is 0 Å². The molecule has 1 unspecified atom stereocenters. The summed E-state index contributed by atoms with van der Waals surface area (Å²) in [6.45, 7) is 2.20. The number of carbonyl (C=O) groups excluding carboxylic acids is 1. The van der Waals surface area contributed by atoms with Gasteiger partial charge < -0.3 is 10.1 Å². The molecule has 1 atom stereocenters. The average molecular weight is 223 g/mol. The van der Waals surface area contributed by atoms with Crippen LogP contribution < -0.4 is 5.32 Å². The van der Waals surface area contributed by atoms with E-state index >= 15 is 0 Å².